The Hall–Kier alpha value is -6.21. The zero-order chi connectivity index (χ0) is 37.8. The SMILES string of the molecule is CN1CCC[C@@H]1c1cc2cnc(NC(=O)c3ccc(N4CCC(c5ccc(-c6cccc7c6C(=O)N(C6CCC(=O)NC6=O)C7=O)cc5)CC4)nc3)cc2[nH]1. The summed E-state index contributed by atoms with van der Waals surface area (Å²) in [6.45, 7) is 2.71. The van der Waals surface area contributed by atoms with E-state index in [1.54, 1.807) is 30.6 Å². The van der Waals surface area contributed by atoms with E-state index in [1.165, 1.54) is 17.7 Å². The van der Waals surface area contributed by atoms with E-state index in [0.717, 1.165) is 66.1 Å². The van der Waals surface area contributed by atoms with Crippen molar-refractivity contribution in [2.45, 2.75) is 56.5 Å². The Morgan fingerprint density at radius 2 is 1.62 bits per heavy atom. The summed E-state index contributed by atoms with van der Waals surface area (Å²) in [4.78, 5) is 82.5. The smallest absolute Gasteiger partial charge is 0.262 e. The van der Waals surface area contributed by atoms with Crippen molar-refractivity contribution in [2.24, 2.45) is 0 Å². The third-order valence-corrected chi connectivity index (χ3v) is 11.6. The fourth-order valence-electron chi connectivity index (χ4n) is 8.63. The van der Waals surface area contributed by atoms with Crippen LogP contribution in [0.1, 0.15) is 92.8 Å². The number of aromatic amines is 1. The van der Waals surface area contributed by atoms with Gasteiger partial charge in [0.15, 0.2) is 0 Å². The van der Waals surface area contributed by atoms with Gasteiger partial charge in [0.05, 0.1) is 22.2 Å². The van der Waals surface area contributed by atoms with Gasteiger partial charge >= 0.3 is 0 Å². The molecule has 0 bridgehead atoms. The van der Waals surface area contributed by atoms with Crippen LogP contribution in [0.5, 0.6) is 0 Å². The van der Waals surface area contributed by atoms with Crippen molar-refractivity contribution in [3.8, 4) is 11.1 Å². The van der Waals surface area contributed by atoms with Gasteiger partial charge in [-0.05, 0) is 92.6 Å². The molecule has 4 aliphatic heterocycles. The predicted octanol–water partition coefficient (Wildman–Crippen LogP) is 5.43. The van der Waals surface area contributed by atoms with E-state index in [2.05, 4.69) is 60.6 Å². The third kappa shape index (κ3) is 6.33. The van der Waals surface area contributed by atoms with Crippen LogP contribution in [0.3, 0.4) is 0 Å². The Kier molecular flexibility index (Phi) is 8.73. The molecule has 3 saturated heterocycles. The minimum Gasteiger partial charge on any atom is -0.357 e. The number of nitrogens with one attached hydrogen (secondary N) is 3. The molecule has 7 heterocycles. The van der Waals surface area contributed by atoms with Gasteiger partial charge < -0.3 is 15.2 Å². The first-order valence-electron chi connectivity index (χ1n) is 18.9. The molecule has 0 saturated carbocycles. The number of anilines is 2. The first kappa shape index (κ1) is 34.6. The summed E-state index contributed by atoms with van der Waals surface area (Å²) in [6.07, 6.45) is 7.74. The quantitative estimate of drug-likeness (QED) is 0.185. The van der Waals surface area contributed by atoms with Gasteiger partial charge in [-0.15, -0.1) is 0 Å². The highest BCUT2D eigenvalue weighted by Gasteiger charge is 2.45. The number of imide groups is 2. The van der Waals surface area contributed by atoms with Crippen LogP contribution in [-0.4, -0.2) is 87.0 Å². The van der Waals surface area contributed by atoms with E-state index in [4.69, 9.17) is 0 Å². The Labute approximate surface area is 317 Å². The highest BCUT2D eigenvalue weighted by atomic mass is 16.2. The van der Waals surface area contributed by atoms with Gasteiger partial charge in [-0.3, -0.25) is 39.1 Å². The Balaban J connectivity index is 0.816. The standard InChI is InChI=1S/C42H40N8O5/c1-48-17-3-6-33(48)32-20-28-23-43-35(21-31(28)45-32)46-39(52)27-11-13-36(44-22-27)49-18-15-25(16-19-49)24-7-9-26(10-8-24)29-4-2-5-30-38(29)42(55)50(41(30)54)34-12-14-37(51)47-40(34)53/h2,4-5,7-11,13,20-23,25,33-34,45H,3,6,12,14-19H2,1H3,(H,43,46,52)(H,47,51,53)/t33-,34?/m1/s1. The number of pyridine rings is 2. The highest BCUT2D eigenvalue weighted by molar-refractivity contribution is 6.25. The second-order valence-electron chi connectivity index (χ2n) is 14.9. The van der Waals surface area contributed by atoms with Crippen LogP contribution in [-0.2, 0) is 9.59 Å². The molecule has 0 radical (unpaired) electrons. The van der Waals surface area contributed by atoms with Gasteiger partial charge in [0.2, 0.25) is 11.8 Å². The minimum absolute atomic E-state index is 0.0728. The van der Waals surface area contributed by atoms with Gasteiger partial charge in [-0.2, -0.15) is 0 Å². The zero-order valence-electron chi connectivity index (χ0n) is 30.4. The molecule has 2 aromatic carbocycles. The van der Waals surface area contributed by atoms with Gasteiger partial charge in [-0.1, -0.05) is 36.4 Å². The fourth-order valence-corrected chi connectivity index (χ4v) is 8.63. The van der Waals surface area contributed by atoms with Gasteiger partial charge in [0.25, 0.3) is 17.7 Å². The topological polar surface area (TPSA) is 161 Å². The van der Waals surface area contributed by atoms with Crippen LogP contribution in [0.25, 0.3) is 22.0 Å². The summed E-state index contributed by atoms with van der Waals surface area (Å²) in [6, 6.07) is 20.4. The highest BCUT2D eigenvalue weighted by Crippen LogP contribution is 2.37. The van der Waals surface area contributed by atoms with E-state index in [-0.39, 0.29) is 29.9 Å². The molecule has 4 aliphatic rings. The van der Waals surface area contributed by atoms with Crippen molar-refractivity contribution in [1.29, 1.82) is 0 Å². The van der Waals surface area contributed by atoms with Crippen LogP contribution in [0, 0.1) is 0 Å². The van der Waals surface area contributed by atoms with E-state index in [9.17, 15) is 24.0 Å². The second-order valence-corrected chi connectivity index (χ2v) is 14.9. The molecule has 1 unspecified atom stereocenters. The van der Waals surface area contributed by atoms with Crippen molar-refractivity contribution in [3.63, 3.8) is 0 Å². The van der Waals surface area contributed by atoms with Crippen LogP contribution >= 0.6 is 0 Å². The first-order chi connectivity index (χ1) is 26.7. The summed E-state index contributed by atoms with van der Waals surface area (Å²) in [5.41, 5.74) is 5.75. The summed E-state index contributed by atoms with van der Waals surface area (Å²) < 4.78 is 0. The van der Waals surface area contributed by atoms with Gasteiger partial charge in [0, 0.05) is 55.1 Å². The van der Waals surface area contributed by atoms with Gasteiger partial charge in [-0.25, -0.2) is 9.97 Å². The lowest BCUT2D eigenvalue weighted by atomic mass is 9.88. The molecule has 13 nitrogen and oxygen atoms in total. The molecular formula is C42H40N8O5. The van der Waals surface area contributed by atoms with Crippen molar-refractivity contribution in [3.05, 3.63) is 107 Å². The number of nitrogens with zero attached hydrogens (tertiary/aromatic N) is 5. The molecule has 0 spiro atoms. The summed E-state index contributed by atoms with van der Waals surface area (Å²) in [5.74, 6) is -0.688. The second kappa shape index (κ2) is 13.9. The van der Waals surface area contributed by atoms with Crippen LogP contribution < -0.4 is 15.5 Å². The molecule has 5 amide bonds. The lowest BCUT2D eigenvalue weighted by Gasteiger charge is -2.33. The number of aromatic nitrogens is 3. The minimum atomic E-state index is -1.01. The monoisotopic (exact) mass is 736 g/mol. The molecule has 3 aromatic heterocycles. The Bertz CT molecular complexity index is 2360. The average Bonchev–Trinajstić information content (AvgIpc) is 3.90. The van der Waals surface area contributed by atoms with E-state index in [1.807, 2.05) is 30.3 Å². The van der Waals surface area contributed by atoms with Crippen LogP contribution in [0.2, 0.25) is 0 Å². The predicted molar refractivity (Wildman–Crippen MR) is 206 cm³/mol. The molecule has 9 rings (SSSR count). The number of likely N-dealkylation sites (tertiary alicyclic amines) is 1. The molecule has 0 aliphatic carbocycles. The fraction of sp³-hybridized carbons (Fsp3) is 0.310. The van der Waals surface area contributed by atoms with Crippen molar-refractivity contribution < 1.29 is 24.0 Å². The number of hydrogen-bond acceptors (Lipinski definition) is 9. The number of H-pyrrole nitrogens is 1. The maximum absolute atomic E-state index is 13.6. The molecule has 5 aromatic rings. The Morgan fingerprint density at radius 3 is 2.35 bits per heavy atom. The number of benzene rings is 2. The largest absolute Gasteiger partial charge is 0.357 e. The number of piperidine rings is 2. The number of amides is 5. The lowest BCUT2D eigenvalue weighted by molar-refractivity contribution is -0.136. The van der Waals surface area contributed by atoms with E-state index < -0.39 is 29.7 Å². The molecule has 3 N–H and O–H groups in total. The van der Waals surface area contributed by atoms with Gasteiger partial charge in [0.1, 0.15) is 17.7 Å². The van der Waals surface area contributed by atoms with E-state index >= 15 is 0 Å². The molecule has 55 heavy (non-hydrogen) atoms. The maximum atomic E-state index is 13.6. The molecule has 13 heteroatoms. The van der Waals surface area contributed by atoms with Crippen LogP contribution in [0.4, 0.5) is 11.6 Å². The van der Waals surface area contributed by atoms with Crippen molar-refractivity contribution in [2.75, 3.05) is 36.9 Å². The number of rotatable bonds is 7. The Morgan fingerprint density at radius 1 is 0.818 bits per heavy atom. The first-order valence-corrected chi connectivity index (χ1v) is 18.9. The summed E-state index contributed by atoms with van der Waals surface area (Å²) in [5, 5.41) is 6.18. The number of carbonyl (C=O) groups excluding carboxylic acids is 5. The number of hydrogen-bond donors (Lipinski definition) is 3. The zero-order valence-corrected chi connectivity index (χ0v) is 30.4. The third-order valence-electron chi connectivity index (χ3n) is 11.6. The van der Waals surface area contributed by atoms with E-state index in [0.29, 0.717) is 28.9 Å². The summed E-state index contributed by atoms with van der Waals surface area (Å²) >= 11 is 0. The maximum Gasteiger partial charge on any atom is 0.262 e. The number of carbonyl (C=O) groups is 5. The van der Waals surface area contributed by atoms with Crippen LogP contribution in [0.15, 0.2) is 79.1 Å². The molecule has 278 valence electrons. The molecule has 2 atom stereocenters. The normalized spacial score (nSPS) is 20.7. The average molecular weight is 737 g/mol. The number of fused-ring (bicyclic) bond motifs is 2. The summed E-state index contributed by atoms with van der Waals surface area (Å²) in [7, 11) is 2.15. The van der Waals surface area contributed by atoms with Crippen molar-refractivity contribution in [1.82, 2.24) is 30.1 Å². The van der Waals surface area contributed by atoms with Crippen molar-refractivity contribution >= 4 is 52.1 Å². The molecule has 3 fully saturated rings. The molecular weight excluding hydrogens is 697 g/mol. The lowest BCUT2D eigenvalue weighted by Crippen LogP contribution is -2.54.